The predicted molar refractivity (Wildman–Crippen MR) is 100 cm³/mol. The molecular weight excluding hydrogens is 375 g/mol. The van der Waals surface area contributed by atoms with Crippen LogP contribution in [0.4, 0.5) is 0 Å². The van der Waals surface area contributed by atoms with Crippen molar-refractivity contribution in [2.24, 2.45) is 0 Å². The van der Waals surface area contributed by atoms with Gasteiger partial charge in [0.05, 0.1) is 5.02 Å². The Kier molecular flexibility index (Phi) is 5.66. The van der Waals surface area contributed by atoms with Crippen molar-refractivity contribution in [3.8, 4) is 17.2 Å². The summed E-state index contributed by atoms with van der Waals surface area (Å²) >= 11 is 11.9. The standard InChI is InChI=1S/C20H14Cl2O4/c21-14-6-11-18(17(22)12-14)25-15-7-9-16(10-8-15)26-19(20(23)24)13-4-2-1-3-5-13/h1-12,19H,(H,23,24). The summed E-state index contributed by atoms with van der Waals surface area (Å²) in [6, 6.07) is 20.3. The summed E-state index contributed by atoms with van der Waals surface area (Å²) in [6.45, 7) is 0. The minimum absolute atomic E-state index is 0.396. The molecule has 0 aromatic heterocycles. The molecule has 26 heavy (non-hydrogen) atoms. The lowest BCUT2D eigenvalue weighted by Gasteiger charge is -2.16. The average Bonchev–Trinajstić information content (AvgIpc) is 2.64. The molecule has 0 aliphatic carbocycles. The number of benzene rings is 3. The Labute approximate surface area is 160 Å². The van der Waals surface area contributed by atoms with Crippen LogP contribution in [-0.4, -0.2) is 11.1 Å². The summed E-state index contributed by atoms with van der Waals surface area (Å²) in [5, 5.41) is 10.3. The zero-order valence-corrected chi connectivity index (χ0v) is 14.9. The third-order valence-corrected chi connectivity index (χ3v) is 4.06. The highest BCUT2D eigenvalue weighted by Gasteiger charge is 2.21. The predicted octanol–water partition coefficient (Wildman–Crippen LogP) is 5.99. The number of carboxylic acid groups (broad SMARTS) is 1. The van der Waals surface area contributed by atoms with Crippen LogP contribution in [0.15, 0.2) is 72.8 Å². The number of hydrogen-bond donors (Lipinski definition) is 1. The van der Waals surface area contributed by atoms with E-state index < -0.39 is 12.1 Å². The van der Waals surface area contributed by atoms with Crippen LogP contribution in [0.5, 0.6) is 17.2 Å². The van der Waals surface area contributed by atoms with Gasteiger partial charge in [-0.1, -0.05) is 53.5 Å². The van der Waals surface area contributed by atoms with E-state index in [0.717, 1.165) is 0 Å². The van der Waals surface area contributed by atoms with Crippen LogP contribution in [0, 0.1) is 0 Å². The van der Waals surface area contributed by atoms with E-state index in [9.17, 15) is 9.90 Å². The summed E-state index contributed by atoms with van der Waals surface area (Å²) < 4.78 is 11.3. The monoisotopic (exact) mass is 388 g/mol. The first-order valence-electron chi connectivity index (χ1n) is 7.70. The molecule has 0 saturated carbocycles. The number of ether oxygens (including phenoxy) is 2. The molecule has 0 fully saturated rings. The van der Waals surface area contributed by atoms with E-state index >= 15 is 0 Å². The van der Waals surface area contributed by atoms with E-state index in [-0.39, 0.29) is 0 Å². The second kappa shape index (κ2) is 8.13. The van der Waals surface area contributed by atoms with Crippen LogP contribution < -0.4 is 9.47 Å². The highest BCUT2D eigenvalue weighted by Crippen LogP contribution is 2.32. The molecule has 0 bridgehead atoms. The Morgan fingerprint density at radius 2 is 1.54 bits per heavy atom. The second-order valence-electron chi connectivity index (χ2n) is 5.40. The van der Waals surface area contributed by atoms with Crippen molar-refractivity contribution >= 4 is 29.2 Å². The fourth-order valence-corrected chi connectivity index (χ4v) is 2.74. The minimum Gasteiger partial charge on any atom is -0.478 e. The molecule has 3 aromatic carbocycles. The molecule has 0 spiro atoms. The van der Waals surface area contributed by atoms with Gasteiger partial charge in [0.2, 0.25) is 6.10 Å². The van der Waals surface area contributed by atoms with E-state index in [1.807, 2.05) is 6.07 Å². The van der Waals surface area contributed by atoms with Crippen molar-refractivity contribution in [2.75, 3.05) is 0 Å². The zero-order chi connectivity index (χ0) is 18.5. The number of carbonyl (C=O) groups is 1. The van der Waals surface area contributed by atoms with Gasteiger partial charge in [0, 0.05) is 10.6 Å². The third-order valence-electron chi connectivity index (χ3n) is 3.53. The van der Waals surface area contributed by atoms with E-state index in [2.05, 4.69) is 0 Å². The first-order chi connectivity index (χ1) is 12.5. The smallest absolute Gasteiger partial charge is 0.349 e. The van der Waals surface area contributed by atoms with Gasteiger partial charge in [-0.05, 0) is 42.5 Å². The van der Waals surface area contributed by atoms with Gasteiger partial charge in [0.15, 0.2) is 0 Å². The molecule has 4 nitrogen and oxygen atoms in total. The largest absolute Gasteiger partial charge is 0.478 e. The Morgan fingerprint density at radius 1 is 0.885 bits per heavy atom. The minimum atomic E-state index is -1.09. The van der Waals surface area contributed by atoms with E-state index in [1.165, 1.54) is 0 Å². The second-order valence-corrected chi connectivity index (χ2v) is 6.24. The Morgan fingerprint density at radius 3 is 2.15 bits per heavy atom. The van der Waals surface area contributed by atoms with Gasteiger partial charge >= 0.3 is 5.97 Å². The first kappa shape index (κ1) is 18.1. The number of aliphatic carboxylic acids is 1. The third kappa shape index (κ3) is 4.48. The van der Waals surface area contributed by atoms with E-state index in [4.69, 9.17) is 32.7 Å². The molecular formula is C20H14Cl2O4. The molecule has 0 saturated heterocycles. The molecule has 0 amide bonds. The van der Waals surface area contributed by atoms with Crippen molar-refractivity contribution in [3.05, 3.63) is 88.4 Å². The quantitative estimate of drug-likeness (QED) is 0.563. The number of halogens is 2. The normalized spacial score (nSPS) is 11.6. The maximum atomic E-state index is 11.5. The summed E-state index contributed by atoms with van der Waals surface area (Å²) in [5.41, 5.74) is 0.563. The van der Waals surface area contributed by atoms with Crippen molar-refractivity contribution in [2.45, 2.75) is 6.10 Å². The van der Waals surface area contributed by atoms with Crippen molar-refractivity contribution < 1.29 is 19.4 Å². The van der Waals surface area contributed by atoms with Crippen molar-refractivity contribution in [3.63, 3.8) is 0 Å². The zero-order valence-electron chi connectivity index (χ0n) is 13.4. The number of carboxylic acids is 1. The van der Waals surface area contributed by atoms with Crippen LogP contribution in [-0.2, 0) is 4.79 Å². The molecule has 3 aromatic rings. The van der Waals surface area contributed by atoms with Crippen molar-refractivity contribution in [1.82, 2.24) is 0 Å². The maximum Gasteiger partial charge on any atom is 0.349 e. The Balaban J connectivity index is 1.73. The van der Waals surface area contributed by atoms with Crippen LogP contribution in [0.25, 0.3) is 0 Å². The first-order valence-corrected chi connectivity index (χ1v) is 8.46. The molecule has 0 heterocycles. The van der Waals surface area contributed by atoms with Crippen LogP contribution >= 0.6 is 23.2 Å². The van der Waals surface area contributed by atoms with Gasteiger partial charge in [-0.25, -0.2) is 4.79 Å². The molecule has 3 rings (SSSR count). The van der Waals surface area contributed by atoms with Gasteiger partial charge in [0.1, 0.15) is 17.2 Å². The van der Waals surface area contributed by atoms with Gasteiger partial charge in [0.25, 0.3) is 0 Å². The van der Waals surface area contributed by atoms with Gasteiger partial charge in [-0.3, -0.25) is 0 Å². The highest BCUT2D eigenvalue weighted by atomic mass is 35.5. The van der Waals surface area contributed by atoms with Crippen LogP contribution in [0.3, 0.4) is 0 Å². The number of rotatable bonds is 6. The molecule has 0 aliphatic heterocycles. The molecule has 1 N–H and O–H groups in total. The molecule has 0 radical (unpaired) electrons. The maximum absolute atomic E-state index is 11.5. The van der Waals surface area contributed by atoms with Gasteiger partial charge in [-0.2, -0.15) is 0 Å². The van der Waals surface area contributed by atoms with Gasteiger partial charge in [-0.15, -0.1) is 0 Å². The topological polar surface area (TPSA) is 55.8 Å². The fourth-order valence-electron chi connectivity index (χ4n) is 2.30. The van der Waals surface area contributed by atoms with E-state index in [1.54, 1.807) is 66.7 Å². The summed E-state index contributed by atoms with van der Waals surface area (Å²) in [7, 11) is 0. The molecule has 132 valence electrons. The molecule has 0 aliphatic rings. The lowest BCUT2D eigenvalue weighted by atomic mass is 10.1. The Hall–Kier alpha value is -2.69. The fraction of sp³-hybridized carbons (Fsp3) is 0.0500. The van der Waals surface area contributed by atoms with Gasteiger partial charge < -0.3 is 14.6 Å². The number of hydrogen-bond acceptors (Lipinski definition) is 3. The SMILES string of the molecule is O=C(O)C(Oc1ccc(Oc2ccc(Cl)cc2Cl)cc1)c1ccccc1. The Bertz CT molecular complexity index is 895. The van der Waals surface area contributed by atoms with E-state index in [0.29, 0.717) is 32.9 Å². The highest BCUT2D eigenvalue weighted by molar-refractivity contribution is 6.35. The molecule has 1 atom stereocenters. The lowest BCUT2D eigenvalue weighted by Crippen LogP contribution is -2.18. The summed E-state index contributed by atoms with van der Waals surface area (Å²) in [5.74, 6) is 0.353. The average molecular weight is 389 g/mol. The summed E-state index contributed by atoms with van der Waals surface area (Å²) in [4.78, 5) is 11.5. The lowest BCUT2D eigenvalue weighted by molar-refractivity contribution is -0.145. The molecule has 6 heteroatoms. The van der Waals surface area contributed by atoms with Crippen molar-refractivity contribution in [1.29, 1.82) is 0 Å². The molecule has 1 unspecified atom stereocenters. The summed E-state index contributed by atoms with van der Waals surface area (Å²) in [6.07, 6.45) is -1.09. The van der Waals surface area contributed by atoms with Crippen LogP contribution in [0.2, 0.25) is 10.0 Å². The van der Waals surface area contributed by atoms with Crippen LogP contribution in [0.1, 0.15) is 11.7 Å².